The number of likely N-dealkylation sites (N-methyl/N-ethyl adjacent to an activating group) is 2. The van der Waals surface area contributed by atoms with E-state index < -0.39 is 6.04 Å². The summed E-state index contributed by atoms with van der Waals surface area (Å²) < 4.78 is 2.26. The zero-order valence-corrected chi connectivity index (χ0v) is 15.8. The molecule has 3 heterocycles. The maximum absolute atomic E-state index is 12.8. The van der Waals surface area contributed by atoms with E-state index in [2.05, 4.69) is 25.0 Å². The van der Waals surface area contributed by atoms with Gasteiger partial charge in [0.05, 0.1) is 19.6 Å². The quantitative estimate of drug-likeness (QED) is 0.558. The van der Waals surface area contributed by atoms with Gasteiger partial charge in [-0.1, -0.05) is 25.4 Å². The minimum atomic E-state index is -0.549. The maximum Gasteiger partial charge on any atom is 0.392 e. The first-order valence-corrected chi connectivity index (χ1v) is 8.87. The van der Waals surface area contributed by atoms with E-state index in [9.17, 15) is 9.59 Å². The van der Waals surface area contributed by atoms with Crippen LogP contribution >= 0.6 is 0 Å². The summed E-state index contributed by atoms with van der Waals surface area (Å²) in [5.41, 5.74) is 0.960. The second-order valence-electron chi connectivity index (χ2n) is 7.85. The number of guanidine groups is 1. The van der Waals surface area contributed by atoms with Crippen molar-refractivity contribution in [1.82, 2.24) is 14.7 Å². The average molecular weight is 346 g/mol. The van der Waals surface area contributed by atoms with Crippen molar-refractivity contribution in [2.24, 2.45) is 16.8 Å². The number of imide groups is 1. The largest absolute Gasteiger partial charge is 0.392 e. The lowest BCUT2D eigenvalue weighted by molar-refractivity contribution is -0.557. The van der Waals surface area contributed by atoms with Crippen LogP contribution in [0.25, 0.3) is 0 Å². The molecule has 0 N–H and O–H groups in total. The van der Waals surface area contributed by atoms with Crippen molar-refractivity contribution >= 4 is 23.7 Å². The molecule has 3 unspecified atom stereocenters. The Labute approximate surface area is 149 Å². The first-order valence-electron chi connectivity index (χ1n) is 8.87. The fraction of sp³-hybridized carbons (Fsp3) is 0.667. The third-order valence-electron chi connectivity index (χ3n) is 5.10. The molecule has 25 heavy (non-hydrogen) atoms. The number of piperidine rings is 1. The van der Waals surface area contributed by atoms with Crippen molar-refractivity contribution in [2.45, 2.75) is 33.2 Å². The van der Waals surface area contributed by atoms with Gasteiger partial charge in [0.15, 0.2) is 0 Å². The summed E-state index contributed by atoms with van der Waals surface area (Å²) in [7, 11) is 3.21. The minimum Gasteiger partial charge on any atom is -0.270 e. The van der Waals surface area contributed by atoms with Gasteiger partial charge < -0.3 is 0 Å². The summed E-state index contributed by atoms with van der Waals surface area (Å²) in [6.07, 6.45) is 1.20. The number of aliphatic imine (C=N–C) groups is 1. The third kappa shape index (κ3) is 2.96. The van der Waals surface area contributed by atoms with E-state index in [0.717, 1.165) is 24.6 Å². The van der Waals surface area contributed by atoms with Gasteiger partial charge in [-0.3, -0.25) is 19.2 Å². The highest BCUT2D eigenvalue weighted by molar-refractivity contribution is 6.25. The summed E-state index contributed by atoms with van der Waals surface area (Å²) in [5, 5.41) is 0. The van der Waals surface area contributed by atoms with Crippen LogP contribution < -0.4 is 0 Å². The van der Waals surface area contributed by atoms with Crippen LogP contribution in [0.2, 0.25) is 0 Å². The van der Waals surface area contributed by atoms with Crippen LogP contribution in [0.4, 0.5) is 4.79 Å². The summed E-state index contributed by atoms with van der Waals surface area (Å²) in [6.45, 7) is 12.8. The zero-order chi connectivity index (χ0) is 18.5. The molecule has 136 valence electrons. The number of amidine groups is 1. The van der Waals surface area contributed by atoms with E-state index in [1.807, 2.05) is 11.8 Å². The Kier molecular flexibility index (Phi) is 4.43. The van der Waals surface area contributed by atoms with E-state index in [1.165, 1.54) is 23.3 Å². The molecular formula is C18H28N5O2+. The second-order valence-corrected chi connectivity index (χ2v) is 7.85. The first-order chi connectivity index (χ1) is 11.7. The zero-order valence-electron chi connectivity index (χ0n) is 15.8. The smallest absolute Gasteiger partial charge is 0.270 e. The van der Waals surface area contributed by atoms with Crippen LogP contribution in [0.3, 0.4) is 0 Å². The molecule has 3 aliphatic heterocycles. The van der Waals surface area contributed by atoms with Crippen molar-refractivity contribution in [2.75, 3.05) is 33.7 Å². The number of rotatable bonds is 2. The first kappa shape index (κ1) is 17.6. The fourth-order valence-corrected chi connectivity index (χ4v) is 4.12. The Bertz CT molecular complexity index is 684. The summed E-state index contributed by atoms with van der Waals surface area (Å²) in [4.78, 5) is 34.5. The molecule has 7 heteroatoms. The van der Waals surface area contributed by atoms with Gasteiger partial charge >= 0.3 is 12.0 Å². The SMILES string of the molecule is C=C(C)CN1C(=[N+]2CC(C)CC(C)C2)N=C2C1C(=O)N(C)C(=O)N2C. The van der Waals surface area contributed by atoms with Gasteiger partial charge in [-0.15, -0.1) is 0 Å². The predicted octanol–water partition coefficient (Wildman–Crippen LogP) is 1.21. The van der Waals surface area contributed by atoms with Crippen LogP contribution in [0, 0.1) is 11.8 Å². The van der Waals surface area contributed by atoms with E-state index in [0.29, 0.717) is 24.2 Å². The van der Waals surface area contributed by atoms with Gasteiger partial charge in [0.1, 0.15) is 0 Å². The lowest BCUT2D eigenvalue weighted by Crippen LogP contribution is -2.63. The van der Waals surface area contributed by atoms with Crippen molar-refractivity contribution < 1.29 is 14.2 Å². The van der Waals surface area contributed by atoms with Crippen molar-refractivity contribution in [3.63, 3.8) is 0 Å². The van der Waals surface area contributed by atoms with Gasteiger partial charge in [0.2, 0.25) is 11.9 Å². The van der Waals surface area contributed by atoms with Gasteiger partial charge in [-0.05, 0) is 30.8 Å². The standard InChI is InChI=1S/C18H28N5O2/c1-11(2)8-23-14-15(20(5)18(25)21(6)16(14)24)19-17(23)22-9-12(3)7-13(4)10-22/h12-14H,1,7-10H2,2-6H3/q+1. The second kappa shape index (κ2) is 6.28. The lowest BCUT2D eigenvalue weighted by Gasteiger charge is -2.33. The van der Waals surface area contributed by atoms with E-state index in [-0.39, 0.29) is 11.9 Å². The Morgan fingerprint density at radius 2 is 1.80 bits per heavy atom. The molecule has 3 aliphatic rings. The third-order valence-corrected chi connectivity index (χ3v) is 5.10. The number of fused-ring (bicyclic) bond motifs is 1. The Balaban J connectivity index is 2.08. The Morgan fingerprint density at radius 1 is 1.20 bits per heavy atom. The molecule has 2 fully saturated rings. The molecular weight excluding hydrogens is 318 g/mol. The maximum atomic E-state index is 12.8. The molecule has 3 atom stereocenters. The topological polar surface area (TPSA) is 59.2 Å². The Morgan fingerprint density at radius 3 is 2.36 bits per heavy atom. The van der Waals surface area contributed by atoms with E-state index in [1.54, 1.807) is 7.05 Å². The molecule has 7 nitrogen and oxygen atoms in total. The van der Waals surface area contributed by atoms with Crippen LogP contribution in [-0.2, 0) is 4.79 Å². The summed E-state index contributed by atoms with van der Waals surface area (Å²) in [6, 6.07) is -0.885. The molecule has 3 amide bonds. The molecule has 0 aliphatic carbocycles. The molecule has 0 aromatic heterocycles. The molecule has 0 spiro atoms. The number of hydrogen-bond donors (Lipinski definition) is 0. The van der Waals surface area contributed by atoms with Crippen LogP contribution in [0.15, 0.2) is 17.1 Å². The number of amides is 3. The average Bonchev–Trinajstić information content (AvgIpc) is 2.88. The highest BCUT2D eigenvalue weighted by Gasteiger charge is 2.55. The van der Waals surface area contributed by atoms with Crippen molar-refractivity contribution in [1.29, 1.82) is 0 Å². The highest BCUT2D eigenvalue weighted by Crippen LogP contribution is 2.26. The van der Waals surface area contributed by atoms with Gasteiger partial charge in [-0.25, -0.2) is 9.69 Å². The summed E-state index contributed by atoms with van der Waals surface area (Å²) in [5.74, 6) is 2.24. The molecule has 0 radical (unpaired) electrons. The van der Waals surface area contributed by atoms with Crippen LogP contribution in [0.1, 0.15) is 27.2 Å². The highest BCUT2D eigenvalue weighted by atomic mass is 16.2. The number of carbonyl (C=O) groups is 2. The molecule has 2 saturated heterocycles. The lowest BCUT2D eigenvalue weighted by atomic mass is 9.93. The number of nitrogens with zero attached hydrogens (tertiary/aromatic N) is 5. The van der Waals surface area contributed by atoms with Crippen molar-refractivity contribution in [3.8, 4) is 0 Å². The number of hydrogen-bond acceptors (Lipinski definition) is 2. The van der Waals surface area contributed by atoms with E-state index >= 15 is 0 Å². The molecule has 0 aromatic rings. The Hall–Kier alpha value is -2.18. The normalized spacial score (nSPS) is 30.0. The number of urea groups is 1. The number of carbonyl (C=O) groups excluding carboxylic acids is 2. The molecule has 3 rings (SSSR count). The van der Waals surface area contributed by atoms with Gasteiger partial charge in [0.25, 0.3) is 5.91 Å². The monoisotopic (exact) mass is 346 g/mol. The molecule has 0 aromatic carbocycles. The van der Waals surface area contributed by atoms with Gasteiger partial charge in [-0.2, -0.15) is 0 Å². The minimum absolute atomic E-state index is 0.226. The van der Waals surface area contributed by atoms with Crippen LogP contribution in [0.5, 0.6) is 0 Å². The molecule has 0 bridgehead atoms. The van der Waals surface area contributed by atoms with Crippen molar-refractivity contribution in [3.05, 3.63) is 12.2 Å². The molecule has 0 saturated carbocycles. The van der Waals surface area contributed by atoms with Crippen LogP contribution in [-0.4, -0.2) is 82.8 Å². The fourth-order valence-electron chi connectivity index (χ4n) is 4.12. The predicted molar refractivity (Wildman–Crippen MR) is 96.6 cm³/mol. The van der Waals surface area contributed by atoms with Gasteiger partial charge in [0, 0.05) is 14.1 Å². The summed E-state index contributed by atoms with van der Waals surface area (Å²) >= 11 is 0. The van der Waals surface area contributed by atoms with E-state index in [4.69, 9.17) is 4.99 Å².